The van der Waals surface area contributed by atoms with Gasteiger partial charge in [-0.15, -0.1) is 0 Å². The number of aromatic nitrogens is 2. The molecule has 0 aliphatic carbocycles. The molecular weight excluding hydrogens is 521 g/mol. The number of fused-ring (bicyclic) bond motifs is 1. The van der Waals surface area contributed by atoms with Gasteiger partial charge in [0.15, 0.2) is 5.82 Å². The highest BCUT2D eigenvalue weighted by molar-refractivity contribution is 7.92. The second-order valence-corrected chi connectivity index (χ2v) is 12.0. The van der Waals surface area contributed by atoms with Crippen LogP contribution >= 0.6 is 0 Å². The van der Waals surface area contributed by atoms with Crippen LogP contribution in [0.2, 0.25) is 0 Å². The van der Waals surface area contributed by atoms with Gasteiger partial charge in [0.25, 0.3) is 5.91 Å². The molecule has 0 atom stereocenters. The van der Waals surface area contributed by atoms with E-state index in [-0.39, 0.29) is 24.1 Å². The van der Waals surface area contributed by atoms with Crippen LogP contribution in [0.3, 0.4) is 0 Å². The minimum atomic E-state index is -4.23. The molecule has 3 aromatic rings. The molecule has 0 bridgehead atoms. The molecule has 0 spiro atoms. The minimum absolute atomic E-state index is 0.107. The Bertz CT molecular complexity index is 1500. The molecule has 11 heteroatoms. The number of halogens is 1. The monoisotopic (exact) mass is 555 g/mol. The Kier molecular flexibility index (Phi) is 7.39. The molecule has 9 nitrogen and oxygen atoms in total. The number of carbonyl (C=O) groups excluding carboxylic acids is 1. The third-order valence-corrected chi connectivity index (χ3v) is 8.80. The highest BCUT2D eigenvalue weighted by Gasteiger charge is 2.39. The Morgan fingerprint density at radius 3 is 2.54 bits per heavy atom. The Balaban J connectivity index is 1.43. The summed E-state index contributed by atoms with van der Waals surface area (Å²) in [4.78, 5) is 14.2. The van der Waals surface area contributed by atoms with Crippen molar-refractivity contribution in [3.05, 3.63) is 75.9 Å². The smallest absolute Gasteiger partial charge is 0.326 e. The van der Waals surface area contributed by atoms with Crippen molar-refractivity contribution in [2.45, 2.75) is 59.7 Å². The number of benzene rings is 2. The predicted molar refractivity (Wildman–Crippen MR) is 146 cm³/mol. The molecule has 3 heterocycles. The van der Waals surface area contributed by atoms with Crippen LogP contribution in [0, 0.1) is 19.7 Å². The van der Waals surface area contributed by atoms with E-state index in [1.807, 2.05) is 46.7 Å². The molecule has 1 amide bonds. The third kappa shape index (κ3) is 5.38. The predicted octanol–water partition coefficient (Wildman–Crippen LogP) is 3.58. The van der Waals surface area contributed by atoms with Gasteiger partial charge in [0.2, 0.25) is 0 Å². The fourth-order valence-corrected chi connectivity index (χ4v) is 6.59. The van der Waals surface area contributed by atoms with Gasteiger partial charge >= 0.3 is 10.2 Å². The summed E-state index contributed by atoms with van der Waals surface area (Å²) < 4.78 is 52.4. The largest absolute Gasteiger partial charge is 0.487 e. The van der Waals surface area contributed by atoms with Crippen molar-refractivity contribution in [2.75, 3.05) is 23.9 Å². The van der Waals surface area contributed by atoms with Gasteiger partial charge in [0.1, 0.15) is 24.6 Å². The van der Waals surface area contributed by atoms with Crippen molar-refractivity contribution in [2.24, 2.45) is 0 Å². The summed E-state index contributed by atoms with van der Waals surface area (Å²) in [5.74, 6) is -1.27. The number of amides is 1. The zero-order chi connectivity index (χ0) is 27.9. The van der Waals surface area contributed by atoms with Crippen molar-refractivity contribution < 1.29 is 22.3 Å². The Hall–Kier alpha value is -3.44. The first-order valence-corrected chi connectivity index (χ1v) is 14.6. The molecule has 2 aromatic carbocycles. The van der Waals surface area contributed by atoms with Gasteiger partial charge < -0.3 is 4.74 Å². The molecular formula is C28H34FN5O4S. The standard InChI is InChI=1S/C28H34FN5O4S/c1-18(2)34-20(4)23(19(3)30-34)11-13-32-12-10-22-14-25(38-17-21-8-6-5-7-9-21)28(27(29)24(22)15-32)33-16-26(35)31-39(33,36)37/h5-9,14,18H,10-13,15-17H2,1-4H3,(H,31,35). The lowest BCUT2D eigenvalue weighted by Crippen LogP contribution is -2.35. The number of anilines is 1. The number of aryl methyl sites for hydroxylation is 1. The summed E-state index contributed by atoms with van der Waals surface area (Å²) in [5.41, 5.74) is 5.20. The van der Waals surface area contributed by atoms with Crippen LogP contribution in [-0.4, -0.2) is 48.6 Å². The SMILES string of the molecule is Cc1nn(C(C)C)c(C)c1CCN1CCc2cc(OCc3ccccc3)c(N3CC(=O)NS3(=O)=O)c(F)c2C1. The summed E-state index contributed by atoms with van der Waals surface area (Å²) >= 11 is 0. The maximum absolute atomic E-state index is 16.3. The van der Waals surface area contributed by atoms with Crippen LogP contribution in [0.15, 0.2) is 36.4 Å². The van der Waals surface area contributed by atoms with Crippen LogP contribution in [0.1, 0.15) is 53.5 Å². The lowest BCUT2D eigenvalue weighted by Gasteiger charge is -2.31. The number of rotatable bonds is 8. The van der Waals surface area contributed by atoms with Crippen LogP contribution in [0.25, 0.3) is 0 Å². The number of carbonyl (C=O) groups is 1. The molecule has 1 fully saturated rings. The second kappa shape index (κ2) is 10.6. The molecule has 0 saturated carbocycles. The zero-order valence-electron chi connectivity index (χ0n) is 22.7. The average Bonchev–Trinajstić information content (AvgIpc) is 3.34. The molecule has 0 unspecified atom stereocenters. The lowest BCUT2D eigenvalue weighted by molar-refractivity contribution is -0.117. The Labute approximate surface area is 228 Å². The van der Waals surface area contributed by atoms with Gasteiger partial charge in [-0.3, -0.25) is 14.4 Å². The average molecular weight is 556 g/mol. The van der Waals surface area contributed by atoms with Crippen LogP contribution < -0.4 is 13.8 Å². The number of hydrogen-bond donors (Lipinski definition) is 1. The van der Waals surface area contributed by atoms with E-state index in [1.54, 1.807) is 6.07 Å². The fraction of sp³-hybridized carbons (Fsp3) is 0.429. The Morgan fingerprint density at radius 1 is 1.15 bits per heavy atom. The van der Waals surface area contributed by atoms with Crippen molar-refractivity contribution in [3.8, 4) is 5.75 Å². The summed E-state index contributed by atoms with van der Waals surface area (Å²) in [7, 11) is -4.23. The van der Waals surface area contributed by atoms with E-state index < -0.39 is 28.5 Å². The first-order valence-electron chi connectivity index (χ1n) is 13.2. The quantitative estimate of drug-likeness (QED) is 0.457. The van der Waals surface area contributed by atoms with E-state index in [1.165, 1.54) is 5.56 Å². The molecule has 208 valence electrons. The van der Waals surface area contributed by atoms with Crippen molar-refractivity contribution in [3.63, 3.8) is 0 Å². The first kappa shape index (κ1) is 27.1. The van der Waals surface area contributed by atoms with Crippen LogP contribution in [-0.2, 0) is 41.0 Å². The molecule has 2 aliphatic rings. The van der Waals surface area contributed by atoms with Gasteiger partial charge in [-0.25, -0.2) is 13.4 Å². The van der Waals surface area contributed by atoms with Gasteiger partial charge in [-0.05, 0) is 63.3 Å². The third-order valence-electron chi connectivity index (χ3n) is 7.43. The first-order chi connectivity index (χ1) is 18.5. The normalized spacial score (nSPS) is 17.0. The summed E-state index contributed by atoms with van der Waals surface area (Å²) in [5, 5.41) is 4.68. The van der Waals surface area contributed by atoms with Gasteiger partial charge in [0, 0.05) is 36.9 Å². The highest BCUT2D eigenvalue weighted by atomic mass is 32.2. The van der Waals surface area contributed by atoms with E-state index >= 15 is 4.39 Å². The van der Waals surface area contributed by atoms with Crippen LogP contribution in [0.4, 0.5) is 10.1 Å². The number of ether oxygens (including phenoxy) is 1. The number of hydrogen-bond acceptors (Lipinski definition) is 6. The summed E-state index contributed by atoms with van der Waals surface area (Å²) in [6.07, 6.45) is 1.38. The zero-order valence-corrected chi connectivity index (χ0v) is 23.5. The van der Waals surface area contributed by atoms with E-state index in [0.717, 1.165) is 39.8 Å². The molecule has 0 radical (unpaired) electrons. The van der Waals surface area contributed by atoms with E-state index in [9.17, 15) is 13.2 Å². The van der Waals surface area contributed by atoms with Crippen molar-refractivity contribution in [1.82, 2.24) is 19.4 Å². The van der Waals surface area contributed by atoms with Crippen LogP contribution in [0.5, 0.6) is 5.75 Å². The summed E-state index contributed by atoms with van der Waals surface area (Å²) in [6.45, 7) is 9.73. The van der Waals surface area contributed by atoms with E-state index in [4.69, 9.17) is 4.74 Å². The van der Waals surface area contributed by atoms with E-state index in [0.29, 0.717) is 25.1 Å². The second-order valence-electron chi connectivity index (χ2n) is 10.5. The molecule has 39 heavy (non-hydrogen) atoms. The molecule has 5 rings (SSSR count). The van der Waals surface area contributed by atoms with E-state index in [2.05, 4.69) is 30.8 Å². The molecule has 1 aromatic heterocycles. The summed E-state index contributed by atoms with van der Waals surface area (Å²) in [6, 6.07) is 11.4. The maximum atomic E-state index is 16.3. The fourth-order valence-electron chi connectivity index (χ4n) is 5.43. The van der Waals surface area contributed by atoms with Gasteiger partial charge in [-0.1, -0.05) is 30.3 Å². The molecule has 2 aliphatic heterocycles. The lowest BCUT2D eigenvalue weighted by atomic mass is 9.97. The van der Waals surface area contributed by atoms with Gasteiger partial charge in [-0.2, -0.15) is 13.5 Å². The molecule has 1 N–H and O–H groups in total. The Morgan fingerprint density at radius 2 is 1.90 bits per heavy atom. The highest BCUT2D eigenvalue weighted by Crippen LogP contribution is 2.40. The van der Waals surface area contributed by atoms with Gasteiger partial charge in [0.05, 0.1) is 5.69 Å². The maximum Gasteiger partial charge on any atom is 0.326 e. The van der Waals surface area contributed by atoms with Crippen molar-refractivity contribution >= 4 is 21.8 Å². The topological polar surface area (TPSA) is 96.8 Å². The molecule has 1 saturated heterocycles. The minimum Gasteiger partial charge on any atom is -0.487 e. The number of nitrogens with one attached hydrogen (secondary N) is 1. The number of nitrogens with zero attached hydrogens (tertiary/aromatic N) is 4. The van der Waals surface area contributed by atoms with Crippen molar-refractivity contribution in [1.29, 1.82) is 0 Å².